The number of para-hydroxylation sites is 1. The largest absolute Gasteiger partial charge is 0.492 e. The first kappa shape index (κ1) is 17.0. The summed E-state index contributed by atoms with van der Waals surface area (Å²) in [6, 6.07) is 14.2. The number of amides is 2. The van der Waals surface area contributed by atoms with Gasteiger partial charge in [0.05, 0.1) is 18.2 Å². The summed E-state index contributed by atoms with van der Waals surface area (Å²) in [4.78, 5) is 11.8. The van der Waals surface area contributed by atoms with Crippen LogP contribution in [0.5, 0.6) is 11.5 Å². The smallest absolute Gasteiger partial charge is 0.319 e. The first-order chi connectivity index (χ1) is 11.2. The lowest BCUT2D eigenvalue weighted by molar-refractivity contribution is 0.247. The van der Waals surface area contributed by atoms with Crippen molar-refractivity contribution in [2.75, 3.05) is 25.1 Å². The van der Waals surface area contributed by atoms with Gasteiger partial charge in [0.15, 0.2) is 0 Å². The van der Waals surface area contributed by atoms with Gasteiger partial charge in [-0.25, -0.2) is 4.79 Å². The number of carbonyl (C=O) groups excluding carboxylic acids is 1. The summed E-state index contributed by atoms with van der Waals surface area (Å²) in [7, 11) is 0. The second-order valence-corrected chi connectivity index (χ2v) is 5.03. The Morgan fingerprint density at radius 3 is 2.61 bits per heavy atom. The van der Waals surface area contributed by atoms with Gasteiger partial charge < -0.3 is 20.1 Å². The van der Waals surface area contributed by atoms with Gasteiger partial charge in [0.1, 0.15) is 18.1 Å². The molecule has 0 saturated heterocycles. The molecule has 0 aliphatic rings. The number of anilines is 1. The van der Waals surface area contributed by atoms with E-state index >= 15 is 0 Å². The zero-order valence-corrected chi connectivity index (χ0v) is 13.6. The molecule has 5 nitrogen and oxygen atoms in total. The molecule has 0 atom stereocenters. The van der Waals surface area contributed by atoms with Gasteiger partial charge in [0, 0.05) is 5.69 Å². The highest BCUT2D eigenvalue weighted by Crippen LogP contribution is 2.27. The van der Waals surface area contributed by atoms with Crippen molar-refractivity contribution in [2.45, 2.75) is 6.92 Å². The van der Waals surface area contributed by atoms with Gasteiger partial charge >= 0.3 is 6.03 Å². The highest BCUT2D eigenvalue weighted by Gasteiger charge is 2.05. The Morgan fingerprint density at radius 2 is 1.91 bits per heavy atom. The number of ether oxygens (including phenoxy) is 2. The molecule has 6 heteroatoms. The molecule has 0 fully saturated rings. The molecule has 0 aliphatic heterocycles. The zero-order valence-electron chi connectivity index (χ0n) is 12.8. The van der Waals surface area contributed by atoms with E-state index in [2.05, 4.69) is 10.6 Å². The Labute approximate surface area is 140 Å². The molecule has 0 radical (unpaired) electrons. The Morgan fingerprint density at radius 1 is 1.13 bits per heavy atom. The number of nitrogens with one attached hydrogen (secondary N) is 2. The summed E-state index contributed by atoms with van der Waals surface area (Å²) >= 11 is 6.07. The van der Waals surface area contributed by atoms with Crippen LogP contribution in [-0.2, 0) is 0 Å². The highest BCUT2D eigenvalue weighted by molar-refractivity contribution is 6.32. The molecule has 2 N–H and O–H groups in total. The fourth-order valence-corrected chi connectivity index (χ4v) is 2.11. The van der Waals surface area contributed by atoms with E-state index in [0.717, 1.165) is 5.75 Å². The summed E-state index contributed by atoms with van der Waals surface area (Å²) in [6.07, 6.45) is 0. The highest BCUT2D eigenvalue weighted by atomic mass is 35.5. The molecule has 0 saturated carbocycles. The standard InChI is InChI=1S/C17H19ClN2O3/c1-2-22-16-9-8-13(12-15(16)18)20-17(21)19-10-11-23-14-6-4-3-5-7-14/h3-9,12H,2,10-11H2,1H3,(H2,19,20,21). The molecule has 122 valence electrons. The fourth-order valence-electron chi connectivity index (χ4n) is 1.88. The number of benzene rings is 2. The van der Waals surface area contributed by atoms with E-state index in [1.54, 1.807) is 18.2 Å². The van der Waals surface area contributed by atoms with Gasteiger partial charge in [0.2, 0.25) is 0 Å². The van der Waals surface area contributed by atoms with E-state index in [9.17, 15) is 4.79 Å². The van der Waals surface area contributed by atoms with E-state index in [4.69, 9.17) is 21.1 Å². The predicted octanol–water partition coefficient (Wildman–Crippen LogP) is 3.94. The third-order valence-electron chi connectivity index (χ3n) is 2.89. The van der Waals surface area contributed by atoms with E-state index < -0.39 is 0 Å². The first-order valence-electron chi connectivity index (χ1n) is 7.34. The number of hydrogen-bond acceptors (Lipinski definition) is 3. The Hall–Kier alpha value is -2.40. The minimum Gasteiger partial charge on any atom is -0.492 e. The summed E-state index contributed by atoms with van der Waals surface area (Å²) in [5, 5.41) is 5.87. The number of carbonyl (C=O) groups is 1. The van der Waals surface area contributed by atoms with Gasteiger partial charge in [-0.15, -0.1) is 0 Å². The Kier molecular flexibility index (Phi) is 6.56. The molecular formula is C17H19ClN2O3. The maximum atomic E-state index is 11.8. The maximum absolute atomic E-state index is 11.8. The normalized spacial score (nSPS) is 10.0. The molecule has 0 spiro atoms. The van der Waals surface area contributed by atoms with Gasteiger partial charge in [-0.3, -0.25) is 0 Å². The van der Waals surface area contributed by atoms with Crippen LogP contribution in [0.3, 0.4) is 0 Å². The van der Waals surface area contributed by atoms with Crippen LogP contribution in [-0.4, -0.2) is 25.8 Å². The van der Waals surface area contributed by atoms with Crippen molar-refractivity contribution in [3.63, 3.8) is 0 Å². The molecule has 2 aromatic rings. The van der Waals surface area contributed by atoms with Crippen molar-refractivity contribution < 1.29 is 14.3 Å². The van der Waals surface area contributed by atoms with Crippen LogP contribution in [0.1, 0.15) is 6.92 Å². The van der Waals surface area contributed by atoms with Crippen molar-refractivity contribution in [3.8, 4) is 11.5 Å². The van der Waals surface area contributed by atoms with Crippen LogP contribution in [0, 0.1) is 0 Å². The maximum Gasteiger partial charge on any atom is 0.319 e. The lowest BCUT2D eigenvalue weighted by atomic mass is 10.3. The van der Waals surface area contributed by atoms with Gasteiger partial charge in [-0.2, -0.15) is 0 Å². The van der Waals surface area contributed by atoms with E-state index in [1.165, 1.54) is 0 Å². The van der Waals surface area contributed by atoms with Crippen LogP contribution >= 0.6 is 11.6 Å². The van der Waals surface area contributed by atoms with Crippen molar-refractivity contribution >= 4 is 23.3 Å². The number of urea groups is 1. The number of hydrogen-bond donors (Lipinski definition) is 2. The topological polar surface area (TPSA) is 59.6 Å². The summed E-state index contributed by atoms with van der Waals surface area (Å²) in [6.45, 7) is 3.20. The van der Waals surface area contributed by atoms with Gasteiger partial charge in [-0.1, -0.05) is 29.8 Å². The molecular weight excluding hydrogens is 316 g/mol. The number of rotatable bonds is 7. The average Bonchev–Trinajstić information content (AvgIpc) is 2.55. The molecule has 0 unspecified atom stereocenters. The Balaban J connectivity index is 1.73. The minimum atomic E-state index is -0.318. The molecule has 2 aromatic carbocycles. The molecule has 0 bridgehead atoms. The molecule has 2 amide bonds. The lowest BCUT2D eigenvalue weighted by Crippen LogP contribution is -2.32. The minimum absolute atomic E-state index is 0.318. The lowest BCUT2D eigenvalue weighted by Gasteiger charge is -2.10. The van der Waals surface area contributed by atoms with Crippen LogP contribution in [0.15, 0.2) is 48.5 Å². The molecule has 23 heavy (non-hydrogen) atoms. The van der Waals surface area contributed by atoms with Gasteiger partial charge in [0.25, 0.3) is 0 Å². The van der Waals surface area contributed by atoms with E-state index in [1.807, 2.05) is 37.3 Å². The zero-order chi connectivity index (χ0) is 16.5. The van der Waals surface area contributed by atoms with Crippen molar-refractivity contribution in [1.29, 1.82) is 0 Å². The van der Waals surface area contributed by atoms with Crippen molar-refractivity contribution in [1.82, 2.24) is 5.32 Å². The predicted molar refractivity (Wildman–Crippen MR) is 91.6 cm³/mol. The second kappa shape index (κ2) is 8.90. The quantitative estimate of drug-likeness (QED) is 0.754. The van der Waals surface area contributed by atoms with Crippen LogP contribution < -0.4 is 20.1 Å². The third kappa shape index (κ3) is 5.71. The SMILES string of the molecule is CCOc1ccc(NC(=O)NCCOc2ccccc2)cc1Cl. The number of halogens is 1. The van der Waals surface area contributed by atoms with Crippen LogP contribution in [0.4, 0.5) is 10.5 Å². The average molecular weight is 335 g/mol. The Bertz CT molecular complexity index is 635. The van der Waals surface area contributed by atoms with E-state index in [0.29, 0.717) is 36.2 Å². The van der Waals surface area contributed by atoms with Crippen LogP contribution in [0.25, 0.3) is 0 Å². The second-order valence-electron chi connectivity index (χ2n) is 4.62. The van der Waals surface area contributed by atoms with Gasteiger partial charge in [-0.05, 0) is 37.3 Å². The monoisotopic (exact) mass is 334 g/mol. The fraction of sp³-hybridized carbons (Fsp3) is 0.235. The summed E-state index contributed by atoms with van der Waals surface area (Å²) < 4.78 is 10.8. The summed E-state index contributed by atoms with van der Waals surface area (Å²) in [5.74, 6) is 1.37. The molecule has 0 aliphatic carbocycles. The van der Waals surface area contributed by atoms with Crippen molar-refractivity contribution in [2.24, 2.45) is 0 Å². The summed E-state index contributed by atoms with van der Waals surface area (Å²) in [5.41, 5.74) is 0.597. The first-order valence-corrected chi connectivity index (χ1v) is 7.72. The van der Waals surface area contributed by atoms with Crippen molar-refractivity contribution in [3.05, 3.63) is 53.6 Å². The molecule has 2 rings (SSSR count). The molecule has 0 aromatic heterocycles. The van der Waals surface area contributed by atoms with Crippen LogP contribution in [0.2, 0.25) is 5.02 Å². The van der Waals surface area contributed by atoms with E-state index in [-0.39, 0.29) is 6.03 Å². The molecule has 0 heterocycles. The third-order valence-corrected chi connectivity index (χ3v) is 3.18.